The Morgan fingerprint density at radius 1 is 1.05 bits per heavy atom. The van der Waals surface area contributed by atoms with E-state index in [1.807, 2.05) is 30.3 Å². The van der Waals surface area contributed by atoms with Crippen molar-refractivity contribution in [3.63, 3.8) is 0 Å². The first-order valence-electron chi connectivity index (χ1n) is 12.7. The standard InChI is InChI=1S/C29H33N3O5/c1-32-26(31-27(34)36-17-12-21-6-4-3-5-7-21)24(19-30-32)22-8-10-23(11-9-22)28-13-15-29(16-14-28,37-20-28)18-25(33)35-2/h3-11,19H,12-18,20H2,1-2H3,(H,31,34). The number of hydrogen-bond donors (Lipinski definition) is 1. The number of esters is 1. The average molecular weight is 504 g/mol. The van der Waals surface area contributed by atoms with E-state index in [-0.39, 0.29) is 17.0 Å². The third-order valence-corrected chi connectivity index (χ3v) is 7.90. The minimum atomic E-state index is -0.506. The van der Waals surface area contributed by atoms with Crippen LogP contribution >= 0.6 is 0 Å². The Labute approximate surface area is 216 Å². The van der Waals surface area contributed by atoms with Crippen molar-refractivity contribution >= 4 is 17.9 Å². The third kappa shape index (κ3) is 5.25. The molecule has 2 saturated heterocycles. The van der Waals surface area contributed by atoms with Crippen LogP contribution in [0.3, 0.4) is 0 Å². The van der Waals surface area contributed by atoms with E-state index in [1.54, 1.807) is 17.9 Å². The molecule has 1 N–H and O–H groups in total. The van der Waals surface area contributed by atoms with Crippen molar-refractivity contribution in [1.29, 1.82) is 0 Å². The number of aromatic nitrogens is 2. The summed E-state index contributed by atoms with van der Waals surface area (Å²) in [7, 11) is 3.22. The highest BCUT2D eigenvalue weighted by molar-refractivity contribution is 5.89. The van der Waals surface area contributed by atoms with Crippen LogP contribution in [0.4, 0.5) is 10.6 Å². The molecule has 2 aromatic carbocycles. The second-order valence-corrected chi connectivity index (χ2v) is 10.1. The lowest BCUT2D eigenvalue weighted by molar-refractivity contribution is -0.176. The molecule has 0 radical (unpaired) electrons. The number of aryl methyl sites for hydroxylation is 1. The van der Waals surface area contributed by atoms with Crippen LogP contribution in [0.15, 0.2) is 60.8 Å². The maximum atomic E-state index is 12.5. The minimum absolute atomic E-state index is 0.0328. The number of nitrogens with one attached hydrogen (secondary N) is 1. The van der Waals surface area contributed by atoms with Crippen molar-refractivity contribution in [3.05, 3.63) is 71.9 Å². The molecule has 3 fully saturated rings. The summed E-state index contributed by atoms with van der Waals surface area (Å²) >= 11 is 0. The zero-order chi connectivity index (χ0) is 25.9. The summed E-state index contributed by atoms with van der Waals surface area (Å²) in [6, 6.07) is 18.3. The molecule has 1 saturated carbocycles. The van der Waals surface area contributed by atoms with Crippen molar-refractivity contribution in [2.24, 2.45) is 7.05 Å². The normalized spacial score (nSPS) is 22.4. The molecule has 3 aromatic rings. The largest absolute Gasteiger partial charge is 0.469 e. The van der Waals surface area contributed by atoms with Crippen LogP contribution in [-0.4, -0.2) is 47.8 Å². The van der Waals surface area contributed by atoms with Gasteiger partial charge in [-0.15, -0.1) is 0 Å². The number of carbonyl (C=O) groups excluding carboxylic acids is 2. The first-order chi connectivity index (χ1) is 17.9. The molecule has 3 aliphatic rings. The van der Waals surface area contributed by atoms with Crippen LogP contribution in [0.1, 0.15) is 43.2 Å². The highest BCUT2D eigenvalue weighted by Crippen LogP contribution is 2.51. The predicted molar refractivity (Wildman–Crippen MR) is 139 cm³/mol. The summed E-state index contributed by atoms with van der Waals surface area (Å²) in [5, 5.41) is 7.20. The molecule has 1 aromatic heterocycles. The van der Waals surface area contributed by atoms with Crippen molar-refractivity contribution in [3.8, 4) is 11.1 Å². The van der Waals surface area contributed by atoms with E-state index in [4.69, 9.17) is 14.2 Å². The van der Waals surface area contributed by atoms with Gasteiger partial charge < -0.3 is 14.2 Å². The minimum Gasteiger partial charge on any atom is -0.469 e. The summed E-state index contributed by atoms with van der Waals surface area (Å²) in [5.41, 5.74) is 3.73. The number of rotatable bonds is 8. The molecule has 0 unspecified atom stereocenters. The Balaban J connectivity index is 1.23. The van der Waals surface area contributed by atoms with Crippen molar-refractivity contribution in [1.82, 2.24) is 9.78 Å². The number of carbonyl (C=O) groups is 2. The zero-order valence-electron chi connectivity index (χ0n) is 21.4. The summed E-state index contributed by atoms with van der Waals surface area (Å²) < 4.78 is 18.2. The second kappa shape index (κ2) is 10.4. The molecular formula is C29H33N3O5. The number of nitrogens with zero attached hydrogens (tertiary/aromatic N) is 2. The Hall–Kier alpha value is -3.65. The highest BCUT2D eigenvalue weighted by atomic mass is 16.5. The molecule has 3 heterocycles. The number of amides is 1. The summed E-state index contributed by atoms with van der Waals surface area (Å²) in [4.78, 5) is 24.3. The van der Waals surface area contributed by atoms with Gasteiger partial charge in [-0.25, -0.2) is 4.79 Å². The summed E-state index contributed by atoms with van der Waals surface area (Å²) in [6.45, 7) is 0.903. The summed E-state index contributed by atoms with van der Waals surface area (Å²) in [5.74, 6) is 0.376. The van der Waals surface area contributed by atoms with Gasteiger partial charge in [0.05, 0.1) is 38.5 Å². The predicted octanol–water partition coefficient (Wildman–Crippen LogP) is 5.02. The molecule has 2 aliphatic heterocycles. The summed E-state index contributed by atoms with van der Waals surface area (Å²) in [6.07, 6.45) is 5.90. The van der Waals surface area contributed by atoms with Crippen LogP contribution in [0, 0.1) is 0 Å². The lowest BCUT2D eigenvalue weighted by Gasteiger charge is -2.53. The molecule has 0 spiro atoms. The average Bonchev–Trinajstić information content (AvgIpc) is 3.29. The fraction of sp³-hybridized carbons (Fsp3) is 0.414. The molecule has 8 nitrogen and oxygen atoms in total. The van der Waals surface area contributed by atoms with E-state index in [0.717, 1.165) is 42.4 Å². The molecule has 194 valence electrons. The topological polar surface area (TPSA) is 91.7 Å². The number of ether oxygens (including phenoxy) is 3. The number of benzene rings is 2. The van der Waals surface area contributed by atoms with Crippen molar-refractivity contribution in [2.75, 3.05) is 25.6 Å². The fourth-order valence-corrected chi connectivity index (χ4v) is 5.54. The quantitative estimate of drug-likeness (QED) is 0.434. The monoisotopic (exact) mass is 503 g/mol. The van der Waals surface area contributed by atoms with Crippen LogP contribution in [0.25, 0.3) is 11.1 Å². The van der Waals surface area contributed by atoms with Gasteiger partial charge in [-0.3, -0.25) is 14.8 Å². The zero-order valence-corrected chi connectivity index (χ0v) is 21.4. The molecule has 1 amide bonds. The molecule has 6 rings (SSSR count). The first kappa shape index (κ1) is 25.0. The van der Waals surface area contributed by atoms with E-state index >= 15 is 0 Å². The number of anilines is 1. The van der Waals surface area contributed by atoms with Gasteiger partial charge in [-0.2, -0.15) is 5.10 Å². The van der Waals surface area contributed by atoms with Crippen LogP contribution in [0.2, 0.25) is 0 Å². The van der Waals surface area contributed by atoms with Gasteiger partial charge in [0.25, 0.3) is 0 Å². The van der Waals surface area contributed by atoms with Gasteiger partial charge in [-0.1, -0.05) is 54.6 Å². The molecule has 37 heavy (non-hydrogen) atoms. The Kier molecular flexibility index (Phi) is 7.02. The number of methoxy groups -OCH3 is 1. The first-order valence-corrected chi connectivity index (χ1v) is 12.7. The van der Waals surface area contributed by atoms with Gasteiger partial charge in [0.2, 0.25) is 0 Å². The Bertz CT molecular complexity index is 1230. The van der Waals surface area contributed by atoms with E-state index < -0.39 is 6.09 Å². The maximum Gasteiger partial charge on any atom is 0.412 e. The van der Waals surface area contributed by atoms with E-state index in [9.17, 15) is 9.59 Å². The molecule has 1 aliphatic carbocycles. The third-order valence-electron chi connectivity index (χ3n) is 7.90. The molecular weight excluding hydrogens is 470 g/mol. The van der Waals surface area contributed by atoms with E-state index in [1.165, 1.54) is 12.7 Å². The van der Waals surface area contributed by atoms with Gasteiger partial charge in [0, 0.05) is 24.4 Å². The number of fused-ring (bicyclic) bond motifs is 3. The Morgan fingerprint density at radius 2 is 1.78 bits per heavy atom. The van der Waals surface area contributed by atoms with Crippen LogP contribution in [-0.2, 0) is 37.9 Å². The second-order valence-electron chi connectivity index (χ2n) is 10.1. The van der Waals surface area contributed by atoms with Crippen LogP contribution < -0.4 is 5.32 Å². The Morgan fingerprint density at radius 3 is 2.43 bits per heavy atom. The highest BCUT2D eigenvalue weighted by Gasteiger charge is 2.51. The van der Waals surface area contributed by atoms with Crippen LogP contribution in [0.5, 0.6) is 0 Å². The molecule has 8 heteroatoms. The lowest BCUT2D eigenvalue weighted by Crippen LogP contribution is -2.54. The SMILES string of the molecule is COC(=O)CC12CCC(c3ccc(-c4cnn(C)c4NC(=O)OCCc4ccccc4)cc3)(CC1)CO2. The van der Waals surface area contributed by atoms with Gasteiger partial charge in [0.1, 0.15) is 5.82 Å². The maximum absolute atomic E-state index is 12.5. The lowest BCUT2D eigenvalue weighted by atomic mass is 9.62. The van der Waals surface area contributed by atoms with Gasteiger partial charge in [-0.05, 0) is 42.4 Å². The number of hydrogen-bond acceptors (Lipinski definition) is 6. The van der Waals surface area contributed by atoms with Crippen molar-refractivity contribution in [2.45, 2.75) is 49.5 Å². The van der Waals surface area contributed by atoms with Gasteiger partial charge in [0.15, 0.2) is 0 Å². The molecule has 0 atom stereocenters. The fourth-order valence-electron chi connectivity index (χ4n) is 5.54. The van der Waals surface area contributed by atoms with E-state index in [0.29, 0.717) is 31.9 Å². The smallest absolute Gasteiger partial charge is 0.412 e. The van der Waals surface area contributed by atoms with Crippen molar-refractivity contribution < 1.29 is 23.8 Å². The van der Waals surface area contributed by atoms with E-state index in [2.05, 4.69) is 34.7 Å². The van der Waals surface area contributed by atoms with Gasteiger partial charge >= 0.3 is 12.1 Å². The molecule has 2 bridgehead atoms.